The molecule has 3 N–H and O–H groups in total. The number of carboxylic acid groups (broad SMARTS) is 1. The van der Waals surface area contributed by atoms with E-state index in [1.807, 2.05) is 12.1 Å². The predicted molar refractivity (Wildman–Crippen MR) is 118 cm³/mol. The fraction of sp³-hybridized carbons (Fsp3) is 0.381. The number of aromatic nitrogens is 2. The molecule has 3 aromatic rings. The lowest BCUT2D eigenvalue weighted by atomic mass is 9.93. The van der Waals surface area contributed by atoms with Crippen molar-refractivity contribution in [2.75, 3.05) is 25.0 Å². The molecule has 1 aliphatic heterocycles. The smallest absolute Gasteiger partial charge is 0.335 e. The van der Waals surface area contributed by atoms with Crippen LogP contribution in [-0.2, 0) is 0 Å². The molecule has 0 bridgehead atoms. The van der Waals surface area contributed by atoms with Gasteiger partial charge in [-0.2, -0.15) is 0 Å². The average Bonchev–Trinajstić information content (AvgIpc) is 3.16. The molecule has 1 saturated heterocycles. The zero-order valence-corrected chi connectivity index (χ0v) is 17.5. The Morgan fingerprint density at radius 2 is 2.14 bits per heavy atom. The van der Waals surface area contributed by atoms with Gasteiger partial charge < -0.3 is 15.7 Å². The van der Waals surface area contributed by atoms with Gasteiger partial charge in [0.25, 0.3) is 0 Å². The normalized spacial score (nSPS) is 14.9. The molecule has 4 rings (SSSR count). The lowest BCUT2D eigenvalue weighted by Crippen LogP contribution is -2.27. The molecule has 0 amide bonds. The van der Waals surface area contributed by atoms with Gasteiger partial charge in [-0.3, -0.25) is 0 Å². The second-order valence-electron chi connectivity index (χ2n) is 7.32. The fourth-order valence-electron chi connectivity index (χ4n) is 3.67. The highest BCUT2D eigenvalue weighted by molar-refractivity contribution is 7.22. The number of fused-ring (bicyclic) bond motifs is 1. The van der Waals surface area contributed by atoms with Gasteiger partial charge in [-0.25, -0.2) is 14.8 Å². The van der Waals surface area contributed by atoms with E-state index in [1.165, 1.54) is 30.6 Å². The van der Waals surface area contributed by atoms with Gasteiger partial charge in [0.05, 0.1) is 21.7 Å². The third kappa shape index (κ3) is 4.86. The summed E-state index contributed by atoms with van der Waals surface area (Å²) in [7, 11) is 0. The number of hydrogen-bond acceptors (Lipinski definition) is 6. The van der Waals surface area contributed by atoms with Gasteiger partial charge in [-0.05, 0) is 68.3 Å². The van der Waals surface area contributed by atoms with E-state index in [1.54, 1.807) is 18.3 Å². The van der Waals surface area contributed by atoms with E-state index < -0.39 is 5.97 Å². The lowest BCUT2D eigenvalue weighted by molar-refractivity contribution is 0.0697. The van der Waals surface area contributed by atoms with E-state index in [2.05, 4.69) is 20.6 Å². The monoisotopic (exact) mass is 430 g/mol. The maximum atomic E-state index is 11.2. The van der Waals surface area contributed by atoms with E-state index in [9.17, 15) is 9.90 Å². The first-order valence-electron chi connectivity index (χ1n) is 9.84. The number of aromatic carboxylic acids is 1. The van der Waals surface area contributed by atoms with E-state index in [0.717, 1.165) is 46.9 Å². The Bertz CT molecular complexity index is 1020. The third-order valence-corrected chi connectivity index (χ3v) is 6.66. The van der Waals surface area contributed by atoms with Gasteiger partial charge in [0.15, 0.2) is 0 Å². The number of halogens is 1. The summed E-state index contributed by atoms with van der Waals surface area (Å²) >= 11 is 7.84. The minimum Gasteiger partial charge on any atom is -0.478 e. The van der Waals surface area contributed by atoms with Gasteiger partial charge in [-0.15, -0.1) is 11.3 Å². The molecule has 8 heteroatoms. The number of thiophene rings is 1. The second-order valence-corrected chi connectivity index (χ2v) is 8.81. The molecule has 0 unspecified atom stereocenters. The quantitative estimate of drug-likeness (QED) is 0.462. The van der Waals surface area contributed by atoms with Crippen molar-refractivity contribution in [2.45, 2.75) is 25.7 Å². The number of nitrogens with zero attached hydrogens (tertiary/aromatic N) is 2. The summed E-state index contributed by atoms with van der Waals surface area (Å²) in [4.78, 5) is 21.0. The van der Waals surface area contributed by atoms with Gasteiger partial charge in [0, 0.05) is 11.2 Å². The van der Waals surface area contributed by atoms with Crippen molar-refractivity contribution in [2.24, 2.45) is 5.92 Å². The molecule has 29 heavy (non-hydrogen) atoms. The van der Waals surface area contributed by atoms with E-state index in [4.69, 9.17) is 11.6 Å². The summed E-state index contributed by atoms with van der Waals surface area (Å²) in [6.07, 6.45) is 6.45. The molecule has 1 aromatic carbocycles. The molecule has 0 radical (unpaired) electrons. The number of rotatable bonds is 7. The zero-order valence-electron chi connectivity index (χ0n) is 15.9. The first-order valence-corrected chi connectivity index (χ1v) is 11.0. The van der Waals surface area contributed by atoms with Crippen LogP contribution in [0.3, 0.4) is 0 Å². The van der Waals surface area contributed by atoms with E-state index >= 15 is 0 Å². The van der Waals surface area contributed by atoms with Crippen molar-refractivity contribution in [1.82, 2.24) is 15.3 Å². The summed E-state index contributed by atoms with van der Waals surface area (Å²) in [5.41, 5.74) is 0.941. The van der Waals surface area contributed by atoms with E-state index in [0.29, 0.717) is 16.7 Å². The number of carboxylic acids is 1. The molecular formula is C21H23ClN4O2S. The Labute approximate surface area is 178 Å². The molecule has 0 saturated carbocycles. The largest absolute Gasteiger partial charge is 0.478 e. The maximum absolute atomic E-state index is 11.2. The lowest BCUT2D eigenvalue weighted by Gasteiger charge is -2.22. The Hall–Kier alpha value is -2.22. The Kier molecular flexibility index (Phi) is 6.28. The topological polar surface area (TPSA) is 87.1 Å². The molecule has 1 aliphatic rings. The van der Waals surface area contributed by atoms with Crippen LogP contribution in [0.5, 0.6) is 0 Å². The maximum Gasteiger partial charge on any atom is 0.335 e. The van der Waals surface area contributed by atoms with Crippen LogP contribution in [0, 0.1) is 5.92 Å². The SMILES string of the molecule is O=C(O)c1ccc2cc(-c3nc(NCCCC4CCNCC4)ncc3Cl)sc2c1. The van der Waals surface area contributed by atoms with Crippen LogP contribution in [0.15, 0.2) is 30.5 Å². The molecule has 6 nitrogen and oxygen atoms in total. The number of carbonyl (C=O) groups is 1. The number of hydrogen-bond donors (Lipinski definition) is 3. The van der Waals surface area contributed by atoms with Crippen molar-refractivity contribution < 1.29 is 9.90 Å². The second kappa shape index (κ2) is 9.07. The van der Waals surface area contributed by atoms with Gasteiger partial charge in [-0.1, -0.05) is 17.7 Å². The third-order valence-electron chi connectivity index (χ3n) is 5.28. The molecule has 3 heterocycles. The average molecular weight is 431 g/mol. The van der Waals surface area contributed by atoms with Crippen molar-refractivity contribution in [3.8, 4) is 10.6 Å². The Morgan fingerprint density at radius 1 is 1.31 bits per heavy atom. The number of anilines is 1. The molecule has 2 aromatic heterocycles. The summed E-state index contributed by atoms with van der Waals surface area (Å²) in [5, 5.41) is 17.4. The van der Waals surface area contributed by atoms with Crippen LogP contribution in [0.25, 0.3) is 20.7 Å². The number of nitrogens with one attached hydrogen (secondary N) is 2. The van der Waals surface area contributed by atoms with Crippen molar-refractivity contribution in [1.29, 1.82) is 0 Å². The van der Waals surface area contributed by atoms with Crippen molar-refractivity contribution >= 4 is 44.9 Å². The first kappa shape index (κ1) is 20.1. The summed E-state index contributed by atoms with van der Waals surface area (Å²) in [5.74, 6) is 0.449. The highest BCUT2D eigenvalue weighted by Crippen LogP contribution is 2.36. The number of benzene rings is 1. The minimum atomic E-state index is -0.933. The molecule has 0 aliphatic carbocycles. The van der Waals surface area contributed by atoms with Crippen LogP contribution in [0.2, 0.25) is 5.02 Å². The van der Waals surface area contributed by atoms with Gasteiger partial charge in [0.2, 0.25) is 5.95 Å². The molecule has 0 atom stereocenters. The summed E-state index contributed by atoms with van der Waals surface area (Å²) < 4.78 is 0.894. The first-order chi connectivity index (χ1) is 14.1. The zero-order chi connectivity index (χ0) is 20.2. The van der Waals surface area contributed by atoms with Crippen molar-refractivity contribution in [3.05, 3.63) is 41.0 Å². The standard InChI is InChI=1S/C21H23ClN4O2S/c22-16-12-25-21(24-7-1-2-13-5-8-23-9-6-13)26-19(16)18-10-14-3-4-15(20(27)28)11-17(14)29-18/h3-4,10-13,23H,1-2,5-9H2,(H,27,28)(H,24,25,26). The highest BCUT2D eigenvalue weighted by Gasteiger charge is 2.14. The van der Waals surface area contributed by atoms with E-state index in [-0.39, 0.29) is 5.56 Å². The van der Waals surface area contributed by atoms with Crippen molar-refractivity contribution in [3.63, 3.8) is 0 Å². The van der Waals surface area contributed by atoms with Crippen LogP contribution in [0.1, 0.15) is 36.0 Å². The van der Waals surface area contributed by atoms with Crippen LogP contribution in [-0.4, -0.2) is 40.7 Å². The molecular weight excluding hydrogens is 408 g/mol. The highest BCUT2D eigenvalue weighted by atomic mass is 35.5. The van der Waals surface area contributed by atoms with Crippen LogP contribution >= 0.6 is 22.9 Å². The fourth-order valence-corrected chi connectivity index (χ4v) is 5.02. The molecule has 152 valence electrons. The van der Waals surface area contributed by atoms with Gasteiger partial charge in [0.1, 0.15) is 5.69 Å². The molecule has 0 spiro atoms. The van der Waals surface area contributed by atoms with Gasteiger partial charge >= 0.3 is 5.97 Å². The predicted octanol–water partition coefficient (Wildman–Crippen LogP) is 4.90. The van der Waals surface area contributed by atoms with Crippen LogP contribution in [0.4, 0.5) is 5.95 Å². The Balaban J connectivity index is 1.45. The molecule has 1 fully saturated rings. The minimum absolute atomic E-state index is 0.274. The summed E-state index contributed by atoms with van der Waals surface area (Å²) in [6, 6.07) is 7.09. The number of piperidine rings is 1. The van der Waals surface area contributed by atoms with Crippen LogP contribution < -0.4 is 10.6 Å². The Morgan fingerprint density at radius 3 is 2.93 bits per heavy atom. The summed E-state index contributed by atoms with van der Waals surface area (Å²) in [6.45, 7) is 3.09.